The molecule has 0 saturated carbocycles. The minimum absolute atomic E-state index is 0.00707. The van der Waals surface area contributed by atoms with Gasteiger partial charge in [-0.15, -0.1) is 0 Å². The van der Waals surface area contributed by atoms with Crippen molar-refractivity contribution < 1.29 is 19.2 Å². The van der Waals surface area contributed by atoms with Crippen molar-refractivity contribution in [1.29, 1.82) is 0 Å². The minimum atomic E-state index is -0.950. The summed E-state index contributed by atoms with van der Waals surface area (Å²) in [5.41, 5.74) is 0.694. The van der Waals surface area contributed by atoms with E-state index in [0.29, 0.717) is 5.56 Å². The number of hydrogen-bond donors (Lipinski definition) is 0. The van der Waals surface area contributed by atoms with Crippen molar-refractivity contribution in [1.82, 2.24) is 0 Å². The van der Waals surface area contributed by atoms with Crippen LogP contribution in [0.5, 0.6) is 0 Å². The molecule has 0 heterocycles. The third kappa shape index (κ3) is 6.15. The molecule has 0 N–H and O–H groups in total. The van der Waals surface area contributed by atoms with Crippen LogP contribution < -0.4 is 0 Å². The molecular weight excluding hydrogens is 286 g/mol. The van der Waals surface area contributed by atoms with E-state index in [4.69, 9.17) is 9.47 Å². The van der Waals surface area contributed by atoms with Gasteiger partial charge in [-0.05, 0) is 51.5 Å². The molecule has 0 saturated heterocycles. The molecule has 0 aromatic heterocycles. The van der Waals surface area contributed by atoms with Gasteiger partial charge in [-0.2, -0.15) is 0 Å². The van der Waals surface area contributed by atoms with Gasteiger partial charge in [0.05, 0.1) is 17.1 Å². The highest BCUT2D eigenvalue weighted by Gasteiger charge is 2.20. The van der Waals surface area contributed by atoms with Crippen molar-refractivity contribution >= 4 is 17.5 Å². The SMILES string of the molecule is CC(C)OC(OC(C)C)C(=O)/C=C/c1ccc([N+](=O)[O-])cc1. The topological polar surface area (TPSA) is 78.7 Å². The predicted octanol–water partition coefficient (Wildman–Crippen LogP) is 3.35. The number of nitro groups is 1. The van der Waals surface area contributed by atoms with Gasteiger partial charge in [-0.25, -0.2) is 0 Å². The standard InChI is InChI=1S/C16H21NO5/c1-11(2)21-16(22-12(3)4)15(18)10-7-13-5-8-14(9-6-13)17(19)20/h5-12,16H,1-4H3/b10-7+. The molecular formula is C16H21NO5. The highest BCUT2D eigenvalue weighted by atomic mass is 16.7. The van der Waals surface area contributed by atoms with Crippen LogP contribution in [-0.2, 0) is 14.3 Å². The molecule has 0 amide bonds. The zero-order valence-corrected chi connectivity index (χ0v) is 13.2. The highest BCUT2D eigenvalue weighted by Crippen LogP contribution is 2.13. The lowest BCUT2D eigenvalue weighted by molar-refractivity contribution is -0.384. The number of ketones is 1. The lowest BCUT2D eigenvalue weighted by atomic mass is 10.2. The fourth-order valence-corrected chi connectivity index (χ4v) is 1.62. The van der Waals surface area contributed by atoms with Crippen molar-refractivity contribution in [3.8, 4) is 0 Å². The van der Waals surface area contributed by atoms with Gasteiger partial charge in [0, 0.05) is 12.1 Å². The summed E-state index contributed by atoms with van der Waals surface area (Å²) in [7, 11) is 0. The van der Waals surface area contributed by atoms with Crippen LogP contribution in [0.25, 0.3) is 6.08 Å². The minimum Gasteiger partial charge on any atom is -0.343 e. The van der Waals surface area contributed by atoms with Crippen molar-refractivity contribution in [2.24, 2.45) is 0 Å². The third-order valence-electron chi connectivity index (χ3n) is 2.57. The second-order valence-corrected chi connectivity index (χ2v) is 5.29. The zero-order valence-electron chi connectivity index (χ0n) is 13.2. The van der Waals surface area contributed by atoms with Crippen LogP contribution in [0.15, 0.2) is 30.3 Å². The average Bonchev–Trinajstić information content (AvgIpc) is 2.43. The van der Waals surface area contributed by atoms with Crippen LogP contribution in [0.3, 0.4) is 0 Å². The zero-order chi connectivity index (χ0) is 16.7. The van der Waals surface area contributed by atoms with E-state index < -0.39 is 11.2 Å². The van der Waals surface area contributed by atoms with Crippen molar-refractivity contribution in [3.05, 3.63) is 46.0 Å². The molecule has 120 valence electrons. The van der Waals surface area contributed by atoms with Gasteiger partial charge in [0.1, 0.15) is 0 Å². The summed E-state index contributed by atoms with van der Waals surface area (Å²) in [4.78, 5) is 22.2. The van der Waals surface area contributed by atoms with E-state index in [9.17, 15) is 14.9 Å². The number of non-ortho nitro benzene ring substituents is 1. The van der Waals surface area contributed by atoms with Crippen molar-refractivity contribution in [2.45, 2.75) is 46.2 Å². The molecule has 0 atom stereocenters. The Labute approximate surface area is 129 Å². The normalized spacial score (nSPS) is 11.8. The quantitative estimate of drug-likeness (QED) is 0.318. The molecule has 0 aliphatic heterocycles. The molecule has 0 unspecified atom stereocenters. The summed E-state index contributed by atoms with van der Waals surface area (Å²) in [6, 6.07) is 5.92. The molecule has 0 spiro atoms. The number of benzene rings is 1. The van der Waals surface area contributed by atoms with Gasteiger partial charge >= 0.3 is 0 Å². The number of nitro benzene ring substituents is 1. The third-order valence-corrected chi connectivity index (χ3v) is 2.57. The summed E-state index contributed by atoms with van der Waals surface area (Å²) >= 11 is 0. The van der Waals surface area contributed by atoms with E-state index in [-0.39, 0.29) is 23.7 Å². The Balaban J connectivity index is 2.76. The fourth-order valence-electron chi connectivity index (χ4n) is 1.62. The Morgan fingerprint density at radius 3 is 2.00 bits per heavy atom. The number of hydrogen-bond acceptors (Lipinski definition) is 5. The number of nitrogens with zero attached hydrogens (tertiary/aromatic N) is 1. The molecule has 22 heavy (non-hydrogen) atoms. The predicted molar refractivity (Wildman–Crippen MR) is 83.4 cm³/mol. The lowest BCUT2D eigenvalue weighted by Gasteiger charge is -2.20. The largest absolute Gasteiger partial charge is 0.343 e. The van der Waals surface area contributed by atoms with Crippen LogP contribution in [0.4, 0.5) is 5.69 Å². The van der Waals surface area contributed by atoms with Gasteiger partial charge in [0.15, 0.2) is 0 Å². The van der Waals surface area contributed by atoms with Crippen LogP contribution >= 0.6 is 0 Å². The van der Waals surface area contributed by atoms with Gasteiger partial charge in [-0.1, -0.05) is 6.08 Å². The molecule has 1 rings (SSSR count). The first-order chi connectivity index (χ1) is 10.3. The Bertz CT molecular complexity index is 524. The number of carbonyl (C=O) groups excluding carboxylic acids is 1. The first-order valence-corrected chi connectivity index (χ1v) is 7.07. The highest BCUT2D eigenvalue weighted by molar-refractivity contribution is 5.96. The molecule has 6 nitrogen and oxygen atoms in total. The summed E-state index contributed by atoms with van der Waals surface area (Å²) in [6.45, 7) is 7.29. The fraction of sp³-hybridized carbons (Fsp3) is 0.438. The molecule has 1 aromatic carbocycles. The van der Waals surface area contributed by atoms with Crippen LogP contribution in [0.1, 0.15) is 33.3 Å². The van der Waals surface area contributed by atoms with Gasteiger partial charge in [-0.3, -0.25) is 14.9 Å². The first kappa shape index (κ1) is 18.0. The molecule has 0 fully saturated rings. The molecule has 6 heteroatoms. The van der Waals surface area contributed by atoms with E-state index in [1.165, 1.54) is 18.2 Å². The molecule has 1 aromatic rings. The molecule has 0 aliphatic carbocycles. The first-order valence-electron chi connectivity index (χ1n) is 7.07. The average molecular weight is 307 g/mol. The van der Waals surface area contributed by atoms with Crippen molar-refractivity contribution in [3.63, 3.8) is 0 Å². The second kappa shape index (κ2) is 8.41. The Morgan fingerprint density at radius 1 is 1.09 bits per heavy atom. The Kier molecular flexibility index (Phi) is 6.88. The Morgan fingerprint density at radius 2 is 1.59 bits per heavy atom. The maximum absolute atomic E-state index is 12.1. The summed E-state index contributed by atoms with van der Waals surface area (Å²) in [6.07, 6.45) is 1.71. The summed E-state index contributed by atoms with van der Waals surface area (Å²) in [5.74, 6) is -0.305. The molecule has 0 aliphatic rings. The molecule has 0 radical (unpaired) electrons. The summed E-state index contributed by atoms with van der Waals surface area (Å²) in [5, 5.41) is 10.6. The van der Waals surface area contributed by atoms with Gasteiger partial charge in [0.2, 0.25) is 12.1 Å². The van der Waals surface area contributed by atoms with Crippen LogP contribution in [-0.4, -0.2) is 29.2 Å². The monoisotopic (exact) mass is 307 g/mol. The number of ether oxygens (including phenoxy) is 2. The van der Waals surface area contributed by atoms with Gasteiger partial charge < -0.3 is 9.47 Å². The smallest absolute Gasteiger partial charge is 0.269 e. The number of rotatable bonds is 8. The lowest BCUT2D eigenvalue weighted by Crippen LogP contribution is -2.31. The van der Waals surface area contributed by atoms with E-state index in [2.05, 4.69) is 0 Å². The van der Waals surface area contributed by atoms with E-state index in [1.807, 2.05) is 27.7 Å². The maximum Gasteiger partial charge on any atom is 0.269 e. The maximum atomic E-state index is 12.1. The van der Waals surface area contributed by atoms with E-state index in [0.717, 1.165) is 0 Å². The molecule has 0 bridgehead atoms. The van der Waals surface area contributed by atoms with E-state index in [1.54, 1.807) is 18.2 Å². The van der Waals surface area contributed by atoms with Crippen LogP contribution in [0.2, 0.25) is 0 Å². The Hall–Kier alpha value is -2.05. The van der Waals surface area contributed by atoms with Crippen molar-refractivity contribution in [2.75, 3.05) is 0 Å². The summed E-state index contributed by atoms with van der Waals surface area (Å²) < 4.78 is 10.9. The van der Waals surface area contributed by atoms with Gasteiger partial charge in [0.25, 0.3) is 5.69 Å². The number of carbonyl (C=O) groups is 1. The van der Waals surface area contributed by atoms with E-state index >= 15 is 0 Å². The second-order valence-electron chi connectivity index (χ2n) is 5.29. The van der Waals surface area contributed by atoms with Crippen LogP contribution in [0, 0.1) is 10.1 Å².